The third kappa shape index (κ3) is 4.42. The lowest BCUT2D eigenvalue weighted by Crippen LogP contribution is -2.14. The van der Waals surface area contributed by atoms with E-state index in [2.05, 4.69) is 85.9 Å². The van der Waals surface area contributed by atoms with E-state index >= 15 is 0 Å². The van der Waals surface area contributed by atoms with Crippen molar-refractivity contribution in [2.45, 2.75) is 78.6 Å². The van der Waals surface area contributed by atoms with Crippen molar-refractivity contribution in [2.24, 2.45) is 0 Å². The molecule has 0 radical (unpaired) electrons. The highest BCUT2D eigenvalue weighted by Gasteiger charge is 2.32. The molecule has 2 heterocycles. The lowest BCUT2D eigenvalue weighted by atomic mass is 9.88. The van der Waals surface area contributed by atoms with E-state index < -0.39 is 0 Å². The largest absolute Gasteiger partial charge is 0.219 e. The molecule has 0 aromatic carbocycles. The molecule has 2 aromatic rings. The summed E-state index contributed by atoms with van der Waals surface area (Å²) in [5.74, 6) is 0. The van der Waals surface area contributed by atoms with Gasteiger partial charge in [-0.15, -0.1) is 11.3 Å². The number of hydrogen-bond acceptors (Lipinski definition) is 1. The first kappa shape index (κ1) is 18.6. The van der Waals surface area contributed by atoms with Gasteiger partial charge in [0, 0.05) is 33.4 Å². The van der Waals surface area contributed by atoms with Crippen LogP contribution < -0.4 is 0 Å². The second kappa shape index (κ2) is 5.97. The van der Waals surface area contributed by atoms with Crippen LogP contribution in [0.4, 0.5) is 0 Å². The summed E-state index contributed by atoms with van der Waals surface area (Å²) in [5, 5.41) is 2.32. The average Bonchev–Trinajstić information content (AvgIpc) is 2.85. The van der Waals surface area contributed by atoms with Crippen LogP contribution in [-0.2, 0) is 16.2 Å². The molecule has 0 fully saturated rings. The van der Waals surface area contributed by atoms with Crippen LogP contribution in [0.3, 0.4) is 0 Å². The van der Waals surface area contributed by atoms with Crippen LogP contribution in [0.5, 0.6) is 0 Å². The number of hydrogen-bond donors (Lipinski definition) is 0. The van der Waals surface area contributed by atoms with Crippen molar-refractivity contribution in [3.8, 4) is 10.4 Å². The van der Waals surface area contributed by atoms with Crippen LogP contribution in [0.2, 0.25) is 0 Å². The zero-order valence-corrected chi connectivity index (χ0v) is 17.8. The Bertz CT molecular complexity index is 654. The minimum absolute atomic E-state index is 0.185. The van der Waals surface area contributed by atoms with Gasteiger partial charge in [-0.1, -0.05) is 62.3 Å². The van der Waals surface area contributed by atoms with E-state index in [0.29, 0.717) is 0 Å². The number of thiophene rings is 1. The maximum absolute atomic E-state index is 2.40. The van der Waals surface area contributed by atoms with Gasteiger partial charge in [-0.2, -0.15) is 0 Å². The first-order valence-electron chi connectivity index (χ1n) is 8.37. The summed E-state index contributed by atoms with van der Waals surface area (Å²) < 4.78 is 0. The Morgan fingerprint density at radius 1 is 0.696 bits per heavy atom. The lowest BCUT2D eigenvalue weighted by molar-refractivity contribution is 0.592. The van der Waals surface area contributed by atoms with Gasteiger partial charge in [-0.3, -0.25) is 0 Å². The van der Waals surface area contributed by atoms with E-state index in [1.807, 2.05) is 22.7 Å². The molecule has 0 aliphatic rings. The van der Waals surface area contributed by atoms with E-state index in [1.165, 1.54) is 25.8 Å². The van der Waals surface area contributed by atoms with E-state index in [0.717, 1.165) is 0 Å². The topological polar surface area (TPSA) is 0 Å². The fourth-order valence-electron chi connectivity index (χ4n) is 2.26. The third-order valence-corrected chi connectivity index (χ3v) is 6.90. The smallest absolute Gasteiger partial charge is 0.144 e. The average molecular weight is 348 g/mol. The normalized spacial score (nSPS) is 13.4. The molecule has 126 valence electrons. The molecule has 0 atom stereocenters. The van der Waals surface area contributed by atoms with Gasteiger partial charge in [0.15, 0.2) is 0 Å². The molecule has 0 unspecified atom stereocenters. The minimum atomic E-state index is 0.185. The summed E-state index contributed by atoms with van der Waals surface area (Å²) in [6, 6.07) is 7.18. The molecule has 2 rings (SSSR count). The summed E-state index contributed by atoms with van der Waals surface area (Å²) in [6.07, 6.45) is 0. The predicted octanol–water partition coefficient (Wildman–Crippen LogP) is 7.65. The Morgan fingerprint density at radius 2 is 1.17 bits per heavy atom. The van der Waals surface area contributed by atoms with Crippen molar-refractivity contribution >= 4 is 22.7 Å². The highest BCUT2D eigenvalue weighted by atomic mass is 32.1. The van der Waals surface area contributed by atoms with Crippen LogP contribution >= 0.6 is 22.7 Å². The van der Waals surface area contributed by atoms with Gasteiger partial charge in [0.05, 0.1) is 0 Å². The molecule has 0 nitrogen and oxygen atoms in total. The van der Waals surface area contributed by atoms with Crippen molar-refractivity contribution in [3.05, 3.63) is 38.9 Å². The quantitative estimate of drug-likeness (QED) is 0.465. The lowest BCUT2D eigenvalue weighted by Gasteiger charge is -2.17. The Hall–Kier alpha value is -0.730. The van der Waals surface area contributed by atoms with E-state index in [1.54, 1.807) is 0 Å². The Morgan fingerprint density at radius 3 is 1.52 bits per heavy atom. The van der Waals surface area contributed by atoms with Gasteiger partial charge in [0.25, 0.3) is 0 Å². The molecular weight excluding hydrogens is 316 g/mol. The van der Waals surface area contributed by atoms with Crippen LogP contribution in [-0.4, -0.2) is 0 Å². The van der Waals surface area contributed by atoms with Crippen LogP contribution in [0.1, 0.15) is 77.6 Å². The van der Waals surface area contributed by atoms with Crippen molar-refractivity contribution in [3.63, 3.8) is 0 Å². The van der Waals surface area contributed by atoms with E-state index in [9.17, 15) is 0 Å². The van der Waals surface area contributed by atoms with Crippen LogP contribution in [0.15, 0.2) is 23.6 Å². The maximum atomic E-state index is 2.40. The predicted molar refractivity (Wildman–Crippen MR) is 108 cm³/mol. The molecule has 0 aliphatic heterocycles. The maximum Gasteiger partial charge on any atom is 0.219 e. The standard InChI is InChI=1S/C21H31S2/c1-19(2,3)15-12-16(22-13-15)14-10-17(20(4,5)6)23-18(11-14)21(7,8)9/h10-13H,1-9H3/q+1. The zero-order chi connectivity index (χ0) is 17.6. The van der Waals surface area contributed by atoms with Crippen molar-refractivity contribution in [1.82, 2.24) is 0 Å². The summed E-state index contributed by atoms with van der Waals surface area (Å²) in [4.78, 5) is 4.31. The summed E-state index contributed by atoms with van der Waals surface area (Å²) in [5.41, 5.74) is 3.39. The van der Waals surface area contributed by atoms with Crippen molar-refractivity contribution in [1.29, 1.82) is 0 Å². The molecule has 0 amide bonds. The second-order valence-electron chi connectivity index (χ2n) is 9.52. The Kier molecular flexibility index (Phi) is 4.83. The molecule has 0 N–H and O–H groups in total. The van der Waals surface area contributed by atoms with Gasteiger partial charge in [-0.05, 0) is 22.4 Å². The first-order valence-corrected chi connectivity index (χ1v) is 10.1. The zero-order valence-electron chi connectivity index (χ0n) is 16.1. The van der Waals surface area contributed by atoms with Crippen molar-refractivity contribution < 1.29 is 0 Å². The molecule has 0 spiro atoms. The third-order valence-electron chi connectivity index (χ3n) is 4.02. The van der Waals surface area contributed by atoms with Crippen LogP contribution in [0, 0.1) is 0 Å². The first-order chi connectivity index (χ1) is 10.3. The molecule has 0 saturated heterocycles. The second-order valence-corrected chi connectivity index (χ2v) is 11.5. The highest BCUT2D eigenvalue weighted by molar-refractivity contribution is 7.14. The van der Waals surface area contributed by atoms with Crippen LogP contribution in [0.25, 0.3) is 10.4 Å². The molecule has 0 aliphatic carbocycles. The van der Waals surface area contributed by atoms with E-state index in [4.69, 9.17) is 0 Å². The fraction of sp³-hybridized carbons (Fsp3) is 0.571. The summed E-state index contributed by atoms with van der Waals surface area (Å²) >= 11 is 3.83. The Balaban J connectivity index is 2.60. The van der Waals surface area contributed by atoms with E-state index in [-0.39, 0.29) is 16.2 Å². The summed E-state index contributed by atoms with van der Waals surface area (Å²) in [7, 11) is 0. The molecule has 2 aromatic heterocycles. The molecule has 0 saturated carbocycles. The minimum Gasteiger partial charge on any atom is -0.144 e. The summed E-state index contributed by atoms with van der Waals surface area (Å²) in [6.45, 7) is 20.7. The fourth-order valence-corrected chi connectivity index (χ4v) is 4.61. The molecule has 0 bridgehead atoms. The molecule has 23 heavy (non-hydrogen) atoms. The van der Waals surface area contributed by atoms with Gasteiger partial charge < -0.3 is 0 Å². The highest BCUT2D eigenvalue weighted by Crippen LogP contribution is 2.40. The number of rotatable bonds is 1. The van der Waals surface area contributed by atoms with Gasteiger partial charge in [-0.25, -0.2) is 0 Å². The van der Waals surface area contributed by atoms with Crippen molar-refractivity contribution in [2.75, 3.05) is 0 Å². The monoisotopic (exact) mass is 347 g/mol. The SMILES string of the molecule is CC(C)(C)c1csc(-c2cc(C(C)(C)C)[s+]c(C(C)(C)C)c2)c1. The van der Waals surface area contributed by atoms with Gasteiger partial charge in [0.1, 0.15) is 0 Å². The molecular formula is C21H31S2+. The van der Waals surface area contributed by atoms with Gasteiger partial charge >= 0.3 is 0 Å². The Labute approximate surface area is 150 Å². The van der Waals surface area contributed by atoms with Gasteiger partial charge in [0.2, 0.25) is 21.1 Å². The molecule has 2 heteroatoms.